The lowest BCUT2D eigenvalue weighted by atomic mass is 9.98. The minimum absolute atomic E-state index is 0.0636. The van der Waals surface area contributed by atoms with Gasteiger partial charge in [-0.2, -0.15) is 0 Å². The van der Waals surface area contributed by atoms with Crippen molar-refractivity contribution in [2.45, 2.75) is 63.1 Å². The van der Waals surface area contributed by atoms with Gasteiger partial charge in [-0.15, -0.1) is 0 Å². The van der Waals surface area contributed by atoms with Crippen molar-refractivity contribution in [3.05, 3.63) is 29.8 Å². The van der Waals surface area contributed by atoms with Crippen LogP contribution in [-0.2, 0) is 14.8 Å². The number of amides is 1. The fourth-order valence-corrected chi connectivity index (χ4v) is 4.81. The smallest absolute Gasteiger partial charge is 0.263 e. The van der Waals surface area contributed by atoms with Gasteiger partial charge in [-0.05, 0) is 50.8 Å². The van der Waals surface area contributed by atoms with Crippen molar-refractivity contribution in [3.8, 4) is 0 Å². The Labute approximate surface area is 161 Å². The van der Waals surface area contributed by atoms with Crippen LogP contribution in [0.1, 0.15) is 45.6 Å². The van der Waals surface area contributed by atoms with E-state index in [1.807, 2.05) is 13.8 Å². The highest BCUT2D eigenvalue weighted by molar-refractivity contribution is 7.90. The quantitative estimate of drug-likeness (QED) is 0.705. The summed E-state index contributed by atoms with van der Waals surface area (Å²) in [5.74, 6) is 0.349. The molecule has 0 saturated carbocycles. The third kappa shape index (κ3) is 4.50. The molecule has 2 heterocycles. The number of aliphatic imine (C=N–C) groups is 1. The van der Waals surface area contributed by atoms with Gasteiger partial charge in [0.25, 0.3) is 10.0 Å². The molecule has 1 saturated heterocycles. The molecule has 1 aromatic carbocycles. The van der Waals surface area contributed by atoms with Gasteiger partial charge in [-0.1, -0.05) is 26.0 Å². The summed E-state index contributed by atoms with van der Waals surface area (Å²) in [5.41, 5.74) is 0.520. The molecule has 0 bridgehead atoms. The van der Waals surface area contributed by atoms with Crippen LogP contribution in [0, 0.1) is 5.92 Å². The van der Waals surface area contributed by atoms with E-state index < -0.39 is 16.1 Å². The van der Waals surface area contributed by atoms with Crippen LogP contribution in [0.15, 0.2) is 34.2 Å². The second-order valence-corrected chi connectivity index (χ2v) is 9.38. The maximum absolute atomic E-state index is 12.9. The number of sulfonamides is 1. The van der Waals surface area contributed by atoms with E-state index in [0.717, 1.165) is 19.4 Å². The lowest BCUT2D eigenvalue weighted by Gasteiger charge is -2.31. The van der Waals surface area contributed by atoms with Gasteiger partial charge in [0.1, 0.15) is 11.9 Å². The van der Waals surface area contributed by atoms with Crippen LogP contribution in [0.2, 0.25) is 0 Å². The van der Waals surface area contributed by atoms with Crippen LogP contribution >= 0.6 is 0 Å². The fourth-order valence-electron chi connectivity index (χ4n) is 3.57. The summed E-state index contributed by atoms with van der Waals surface area (Å²) in [4.78, 5) is 17.7. The average molecular weight is 393 g/mol. The van der Waals surface area contributed by atoms with E-state index in [9.17, 15) is 13.2 Å². The zero-order valence-corrected chi connectivity index (χ0v) is 16.8. The van der Waals surface area contributed by atoms with Crippen molar-refractivity contribution >= 4 is 21.8 Å². The molecule has 1 fully saturated rings. The molecular weight excluding hydrogens is 364 g/mol. The summed E-state index contributed by atoms with van der Waals surface area (Å²) in [7, 11) is -3.61. The van der Waals surface area contributed by atoms with E-state index in [1.165, 1.54) is 0 Å². The van der Waals surface area contributed by atoms with Crippen LogP contribution in [0.3, 0.4) is 0 Å². The first-order valence-corrected chi connectivity index (χ1v) is 11.0. The monoisotopic (exact) mass is 392 g/mol. The first kappa shape index (κ1) is 19.8. The molecule has 0 radical (unpaired) electrons. The van der Waals surface area contributed by atoms with Crippen LogP contribution < -0.4 is 15.4 Å². The van der Waals surface area contributed by atoms with Crippen molar-refractivity contribution in [1.29, 1.82) is 0 Å². The summed E-state index contributed by atoms with van der Waals surface area (Å²) in [5, 5.41) is 6.48. The van der Waals surface area contributed by atoms with Crippen molar-refractivity contribution < 1.29 is 13.2 Å². The number of nitrogens with one attached hydrogen (secondary N) is 3. The Morgan fingerprint density at radius 3 is 2.78 bits per heavy atom. The van der Waals surface area contributed by atoms with Gasteiger partial charge < -0.3 is 10.6 Å². The standard InChI is InChI=1S/C19H28N4O3S/c1-12(2)11-16(19(24)22-15-8-6-10-20-13(15)3)21-18-14-7-4-5-9-17(14)27(25,26)23-18/h4-5,7,9,12-13,15-16,20H,6,8,10-11H2,1-3H3,(H,21,23)(H,22,24). The molecule has 7 nitrogen and oxygen atoms in total. The Bertz CT molecular complexity index is 835. The minimum atomic E-state index is -3.61. The van der Waals surface area contributed by atoms with Crippen LogP contribution in [0.5, 0.6) is 0 Å². The summed E-state index contributed by atoms with van der Waals surface area (Å²) >= 11 is 0. The van der Waals surface area contributed by atoms with E-state index in [1.54, 1.807) is 24.3 Å². The van der Waals surface area contributed by atoms with Crippen LogP contribution in [-0.4, -0.2) is 44.8 Å². The maximum Gasteiger partial charge on any atom is 0.263 e. The molecular formula is C19H28N4O3S. The average Bonchev–Trinajstić information content (AvgIpc) is 2.87. The van der Waals surface area contributed by atoms with Gasteiger partial charge in [0, 0.05) is 17.6 Å². The molecule has 148 valence electrons. The molecule has 1 amide bonds. The van der Waals surface area contributed by atoms with E-state index in [0.29, 0.717) is 12.0 Å². The number of amidine groups is 1. The Balaban J connectivity index is 1.85. The van der Waals surface area contributed by atoms with E-state index >= 15 is 0 Å². The minimum Gasteiger partial charge on any atom is -0.350 e. The van der Waals surface area contributed by atoms with Crippen LogP contribution in [0.4, 0.5) is 0 Å². The molecule has 0 spiro atoms. The van der Waals surface area contributed by atoms with E-state index in [2.05, 4.69) is 27.3 Å². The highest BCUT2D eigenvalue weighted by atomic mass is 32.2. The summed E-state index contributed by atoms with van der Waals surface area (Å²) < 4.78 is 27.1. The lowest BCUT2D eigenvalue weighted by Crippen LogP contribution is -2.54. The Morgan fingerprint density at radius 2 is 2.07 bits per heavy atom. The molecule has 2 aliphatic rings. The molecule has 0 aromatic heterocycles. The Morgan fingerprint density at radius 1 is 1.33 bits per heavy atom. The van der Waals surface area contributed by atoms with Crippen molar-refractivity contribution in [2.75, 3.05) is 6.54 Å². The Hall–Kier alpha value is -1.93. The molecule has 2 aliphatic heterocycles. The predicted octanol–water partition coefficient (Wildman–Crippen LogP) is 1.40. The maximum atomic E-state index is 12.9. The second kappa shape index (κ2) is 7.98. The van der Waals surface area contributed by atoms with Gasteiger partial charge in [0.05, 0.1) is 4.90 Å². The molecule has 3 rings (SSSR count). The fraction of sp³-hybridized carbons (Fsp3) is 0.579. The normalized spacial score (nSPS) is 26.4. The number of rotatable bonds is 5. The number of nitrogens with zero attached hydrogens (tertiary/aromatic N) is 1. The highest BCUT2D eigenvalue weighted by Gasteiger charge is 2.33. The third-order valence-electron chi connectivity index (χ3n) is 5.03. The molecule has 8 heteroatoms. The summed E-state index contributed by atoms with van der Waals surface area (Å²) in [6.07, 6.45) is 2.50. The van der Waals surface area contributed by atoms with Crippen LogP contribution in [0.25, 0.3) is 0 Å². The summed E-state index contributed by atoms with van der Waals surface area (Å²) in [6.45, 7) is 7.08. The molecule has 27 heavy (non-hydrogen) atoms. The first-order chi connectivity index (χ1) is 12.8. The number of fused-ring (bicyclic) bond motifs is 1. The molecule has 1 aromatic rings. The molecule has 3 N–H and O–H groups in total. The van der Waals surface area contributed by atoms with Gasteiger partial charge in [0.2, 0.25) is 5.91 Å². The van der Waals surface area contributed by atoms with Gasteiger partial charge in [-0.3, -0.25) is 14.5 Å². The van der Waals surface area contributed by atoms with Crippen molar-refractivity contribution in [2.24, 2.45) is 10.9 Å². The Kier molecular flexibility index (Phi) is 5.86. The zero-order chi connectivity index (χ0) is 19.6. The summed E-state index contributed by atoms with van der Waals surface area (Å²) in [6, 6.07) is 6.34. The number of hydrogen-bond acceptors (Lipinski definition) is 5. The zero-order valence-electron chi connectivity index (χ0n) is 16.0. The van der Waals surface area contributed by atoms with Crippen molar-refractivity contribution in [3.63, 3.8) is 0 Å². The third-order valence-corrected chi connectivity index (χ3v) is 6.43. The van der Waals surface area contributed by atoms with E-state index in [-0.39, 0.29) is 34.6 Å². The molecule has 3 unspecified atom stereocenters. The lowest BCUT2D eigenvalue weighted by molar-refractivity contribution is -0.123. The highest BCUT2D eigenvalue weighted by Crippen LogP contribution is 2.23. The van der Waals surface area contributed by atoms with Gasteiger partial charge >= 0.3 is 0 Å². The van der Waals surface area contributed by atoms with E-state index in [4.69, 9.17) is 0 Å². The topological polar surface area (TPSA) is 99.7 Å². The molecule has 0 aliphatic carbocycles. The predicted molar refractivity (Wildman–Crippen MR) is 105 cm³/mol. The van der Waals surface area contributed by atoms with Gasteiger partial charge in [0.15, 0.2) is 0 Å². The largest absolute Gasteiger partial charge is 0.350 e. The SMILES string of the molecule is CC(C)CC(N=C1NS(=O)(=O)c2ccccc21)C(=O)NC1CCCNC1C. The number of benzene rings is 1. The number of carbonyl (C=O) groups is 1. The second-order valence-electron chi connectivity index (χ2n) is 7.72. The number of piperidine rings is 1. The van der Waals surface area contributed by atoms with Gasteiger partial charge in [-0.25, -0.2) is 8.42 Å². The number of hydrogen-bond donors (Lipinski definition) is 3. The first-order valence-electron chi connectivity index (χ1n) is 9.51. The molecule has 3 atom stereocenters. The van der Waals surface area contributed by atoms with Crippen molar-refractivity contribution in [1.82, 2.24) is 15.4 Å². The number of carbonyl (C=O) groups excluding carboxylic acids is 1.